The molecule has 0 aromatic heterocycles. The molecule has 2 N–H and O–H groups in total. The highest BCUT2D eigenvalue weighted by Crippen LogP contribution is 2.35. The Kier molecular flexibility index (Phi) is 5.30. The molecule has 0 aliphatic carbocycles. The van der Waals surface area contributed by atoms with Gasteiger partial charge in [0.15, 0.2) is 0 Å². The number of hydrogen-bond acceptors (Lipinski definition) is 3. The molecule has 0 heterocycles. The smallest absolute Gasteiger partial charge is 0.250 e. The third-order valence-electron chi connectivity index (χ3n) is 4.38. The maximum Gasteiger partial charge on any atom is 0.250 e. The van der Waals surface area contributed by atoms with Crippen molar-refractivity contribution >= 4 is 11.6 Å². The van der Waals surface area contributed by atoms with E-state index in [-0.39, 0.29) is 23.7 Å². The van der Waals surface area contributed by atoms with Crippen LogP contribution < -0.4 is 5.32 Å². The Bertz CT molecular complexity index is 710. The summed E-state index contributed by atoms with van der Waals surface area (Å²) in [5.74, 6) is 0.104. The van der Waals surface area contributed by atoms with Crippen molar-refractivity contribution in [2.24, 2.45) is 0 Å². The minimum absolute atomic E-state index is 0.0413. The van der Waals surface area contributed by atoms with Crippen molar-refractivity contribution in [3.63, 3.8) is 0 Å². The van der Waals surface area contributed by atoms with Gasteiger partial charge < -0.3 is 15.2 Å². The highest BCUT2D eigenvalue weighted by Gasteiger charge is 2.24. The van der Waals surface area contributed by atoms with E-state index in [0.717, 1.165) is 27.9 Å². The van der Waals surface area contributed by atoms with Gasteiger partial charge in [-0.2, -0.15) is 0 Å². The van der Waals surface area contributed by atoms with Crippen LogP contribution in [0.4, 0.5) is 5.69 Å². The quantitative estimate of drug-likeness (QED) is 0.875. The molecule has 0 saturated carbocycles. The van der Waals surface area contributed by atoms with E-state index in [4.69, 9.17) is 4.74 Å². The molecule has 24 heavy (non-hydrogen) atoms. The molecule has 4 heteroatoms. The number of carbonyl (C=O) groups is 1. The molecule has 128 valence electrons. The molecule has 0 fully saturated rings. The summed E-state index contributed by atoms with van der Waals surface area (Å²) >= 11 is 0. The van der Waals surface area contributed by atoms with Gasteiger partial charge in [-0.3, -0.25) is 4.79 Å². The van der Waals surface area contributed by atoms with E-state index in [2.05, 4.69) is 31.3 Å². The summed E-state index contributed by atoms with van der Waals surface area (Å²) in [7, 11) is 1.50. The van der Waals surface area contributed by atoms with E-state index < -0.39 is 0 Å². The monoisotopic (exact) mass is 327 g/mol. The van der Waals surface area contributed by atoms with E-state index >= 15 is 0 Å². The second-order valence-corrected chi connectivity index (χ2v) is 6.64. The number of amides is 1. The van der Waals surface area contributed by atoms with E-state index in [0.29, 0.717) is 0 Å². The fourth-order valence-electron chi connectivity index (χ4n) is 2.87. The number of nitrogens with one attached hydrogen (secondary N) is 1. The average molecular weight is 327 g/mol. The van der Waals surface area contributed by atoms with Crippen LogP contribution in [0.15, 0.2) is 36.4 Å². The van der Waals surface area contributed by atoms with E-state index in [1.165, 1.54) is 7.11 Å². The van der Waals surface area contributed by atoms with Gasteiger partial charge in [-0.15, -0.1) is 0 Å². The van der Waals surface area contributed by atoms with Crippen molar-refractivity contribution in [2.45, 2.75) is 33.1 Å². The highest BCUT2D eigenvalue weighted by molar-refractivity contribution is 5.93. The third-order valence-corrected chi connectivity index (χ3v) is 4.38. The number of aromatic hydroxyl groups is 1. The summed E-state index contributed by atoms with van der Waals surface area (Å²) < 4.78 is 4.87. The zero-order valence-electron chi connectivity index (χ0n) is 14.9. The molecule has 0 spiro atoms. The number of ether oxygens (including phenoxy) is 1. The number of hydrogen-bond donors (Lipinski definition) is 2. The summed E-state index contributed by atoms with van der Waals surface area (Å²) in [6.45, 7) is 8.32. The van der Waals surface area contributed by atoms with Crippen LogP contribution in [-0.4, -0.2) is 24.7 Å². The van der Waals surface area contributed by atoms with Crippen LogP contribution in [0.2, 0.25) is 0 Å². The van der Waals surface area contributed by atoms with Crippen molar-refractivity contribution < 1.29 is 14.6 Å². The van der Waals surface area contributed by atoms with Gasteiger partial charge in [-0.25, -0.2) is 0 Å². The number of phenolic OH excluding ortho intramolecular Hbond substituents is 1. The molecule has 0 atom stereocenters. The summed E-state index contributed by atoms with van der Waals surface area (Å²) in [4.78, 5) is 11.8. The lowest BCUT2D eigenvalue weighted by Crippen LogP contribution is -2.21. The number of methoxy groups -OCH3 is 1. The van der Waals surface area contributed by atoms with Crippen LogP contribution in [0, 0.1) is 13.8 Å². The van der Waals surface area contributed by atoms with Crippen LogP contribution >= 0.6 is 0 Å². The van der Waals surface area contributed by atoms with Gasteiger partial charge in [-0.1, -0.05) is 38.1 Å². The SMILES string of the molecule is COCC(=O)Nc1c(C)cc(C(C)(C)c2ccc(O)cc2)cc1C. The molecule has 4 nitrogen and oxygen atoms in total. The molecular weight excluding hydrogens is 302 g/mol. The molecule has 2 aromatic carbocycles. The summed E-state index contributed by atoms with van der Waals surface area (Å²) in [6.07, 6.45) is 0. The number of aryl methyl sites for hydroxylation is 2. The predicted octanol–water partition coefficient (Wildman–Crippen LogP) is 3.92. The predicted molar refractivity (Wildman–Crippen MR) is 96.7 cm³/mol. The largest absolute Gasteiger partial charge is 0.508 e. The fraction of sp³-hybridized carbons (Fsp3) is 0.350. The fourth-order valence-corrected chi connectivity index (χ4v) is 2.87. The molecule has 0 unspecified atom stereocenters. The van der Waals surface area contributed by atoms with Gasteiger partial charge in [0, 0.05) is 18.2 Å². The van der Waals surface area contributed by atoms with Crippen molar-refractivity contribution in [1.29, 1.82) is 0 Å². The van der Waals surface area contributed by atoms with Crippen molar-refractivity contribution in [2.75, 3.05) is 19.0 Å². The minimum Gasteiger partial charge on any atom is -0.508 e. The van der Waals surface area contributed by atoms with Crippen LogP contribution in [0.1, 0.15) is 36.1 Å². The minimum atomic E-state index is -0.210. The van der Waals surface area contributed by atoms with Crippen LogP contribution in [0.3, 0.4) is 0 Å². The molecule has 0 aliphatic rings. The van der Waals surface area contributed by atoms with Crippen LogP contribution in [0.25, 0.3) is 0 Å². The van der Waals surface area contributed by atoms with Crippen LogP contribution in [-0.2, 0) is 14.9 Å². The van der Waals surface area contributed by atoms with Crippen molar-refractivity contribution in [3.05, 3.63) is 58.7 Å². The number of carbonyl (C=O) groups excluding carboxylic acids is 1. The van der Waals surface area contributed by atoms with E-state index in [9.17, 15) is 9.90 Å². The average Bonchev–Trinajstić information content (AvgIpc) is 2.51. The Morgan fingerprint density at radius 3 is 2.12 bits per heavy atom. The molecule has 0 radical (unpaired) electrons. The number of anilines is 1. The van der Waals surface area contributed by atoms with Crippen molar-refractivity contribution in [3.8, 4) is 5.75 Å². The van der Waals surface area contributed by atoms with Gasteiger partial charge in [-0.05, 0) is 48.2 Å². The lowest BCUT2D eigenvalue weighted by Gasteiger charge is -2.28. The molecule has 1 amide bonds. The Balaban J connectivity index is 2.38. The number of benzene rings is 2. The normalized spacial score (nSPS) is 11.4. The summed E-state index contributed by atoms with van der Waals surface area (Å²) in [5.41, 5.74) is 4.94. The molecule has 2 aromatic rings. The molecule has 0 saturated heterocycles. The van der Waals surface area contributed by atoms with Gasteiger partial charge in [0.05, 0.1) is 0 Å². The first-order valence-corrected chi connectivity index (χ1v) is 7.95. The lowest BCUT2D eigenvalue weighted by molar-refractivity contribution is -0.119. The van der Waals surface area contributed by atoms with Crippen LogP contribution in [0.5, 0.6) is 5.75 Å². The maximum absolute atomic E-state index is 11.8. The second-order valence-electron chi connectivity index (χ2n) is 6.64. The zero-order valence-corrected chi connectivity index (χ0v) is 14.9. The van der Waals surface area contributed by atoms with Gasteiger partial charge in [0.1, 0.15) is 12.4 Å². The molecule has 2 rings (SSSR count). The second kappa shape index (κ2) is 7.05. The summed E-state index contributed by atoms with van der Waals surface area (Å²) in [6, 6.07) is 11.5. The van der Waals surface area contributed by atoms with Crippen molar-refractivity contribution in [1.82, 2.24) is 0 Å². The van der Waals surface area contributed by atoms with E-state index in [1.807, 2.05) is 26.0 Å². The number of phenols is 1. The Hall–Kier alpha value is -2.33. The first kappa shape index (κ1) is 18.0. The Labute approximate surface area is 143 Å². The lowest BCUT2D eigenvalue weighted by atomic mass is 9.77. The molecule has 0 bridgehead atoms. The topological polar surface area (TPSA) is 58.6 Å². The number of rotatable bonds is 5. The first-order chi connectivity index (χ1) is 11.3. The Morgan fingerprint density at radius 2 is 1.62 bits per heavy atom. The summed E-state index contributed by atoms with van der Waals surface area (Å²) in [5, 5.41) is 12.4. The third kappa shape index (κ3) is 3.77. The van der Waals surface area contributed by atoms with Gasteiger partial charge in [0.25, 0.3) is 0 Å². The first-order valence-electron chi connectivity index (χ1n) is 7.95. The molecular formula is C20H25NO3. The highest BCUT2D eigenvalue weighted by atomic mass is 16.5. The van der Waals surface area contributed by atoms with Gasteiger partial charge in [0.2, 0.25) is 5.91 Å². The standard InChI is InChI=1S/C20H25NO3/c1-13-10-16(11-14(2)19(13)21-18(23)12-24-5)20(3,4)15-6-8-17(22)9-7-15/h6-11,22H,12H2,1-5H3,(H,21,23). The van der Waals surface area contributed by atoms with E-state index in [1.54, 1.807) is 12.1 Å². The van der Waals surface area contributed by atoms with Gasteiger partial charge >= 0.3 is 0 Å². The zero-order chi connectivity index (χ0) is 17.9. The Morgan fingerprint density at radius 1 is 1.08 bits per heavy atom. The molecule has 0 aliphatic heterocycles. The maximum atomic E-state index is 11.8.